The van der Waals surface area contributed by atoms with E-state index < -0.39 is 0 Å². The molecule has 5 heteroatoms. The zero-order valence-corrected chi connectivity index (χ0v) is 9.08. The highest BCUT2D eigenvalue weighted by atomic mass is 16.5. The Morgan fingerprint density at radius 1 is 1.64 bits per heavy atom. The number of hydrogen-bond donors (Lipinski definition) is 1. The van der Waals surface area contributed by atoms with Gasteiger partial charge in [-0.2, -0.15) is 0 Å². The molecular weight excluding hydrogens is 181 g/mol. The minimum Gasteiger partial charge on any atom is -0.468 e. The van der Waals surface area contributed by atoms with Gasteiger partial charge in [0.15, 0.2) is 0 Å². The second-order valence-corrected chi connectivity index (χ2v) is 3.64. The van der Waals surface area contributed by atoms with Crippen molar-refractivity contribution < 1.29 is 14.2 Å². The number of ether oxygens (including phenoxy) is 1. The third-order valence-corrected chi connectivity index (χ3v) is 2.49. The lowest BCUT2D eigenvalue weighted by atomic mass is 9.77. The van der Waals surface area contributed by atoms with E-state index in [1.54, 1.807) is 0 Å². The van der Waals surface area contributed by atoms with Gasteiger partial charge in [0.25, 0.3) is 0 Å². The van der Waals surface area contributed by atoms with Crippen LogP contribution in [0.2, 0.25) is 6.32 Å². The third-order valence-electron chi connectivity index (χ3n) is 2.49. The van der Waals surface area contributed by atoms with Crippen molar-refractivity contribution in [2.75, 3.05) is 7.11 Å². The Balaban J connectivity index is 2.39. The fraction of sp³-hybridized carbons (Fsp3) is 0.889. The topological polar surface area (TPSA) is 47.6 Å². The number of carbonyl (C=O) groups excluding carboxylic acids is 1. The van der Waals surface area contributed by atoms with Crippen LogP contribution in [0.4, 0.5) is 0 Å². The number of carbonyl (C=O) groups is 1. The van der Waals surface area contributed by atoms with Gasteiger partial charge in [0.2, 0.25) is 0 Å². The first-order valence-electron chi connectivity index (χ1n) is 5.18. The molecular formula is C9H18BNO3. The largest absolute Gasteiger partial charge is 0.468 e. The fourth-order valence-corrected chi connectivity index (χ4v) is 1.64. The van der Waals surface area contributed by atoms with Crippen LogP contribution in [-0.4, -0.2) is 32.3 Å². The van der Waals surface area contributed by atoms with E-state index in [1.807, 2.05) is 6.92 Å². The molecule has 1 fully saturated rings. The summed E-state index contributed by atoms with van der Waals surface area (Å²) in [5.74, 6) is -0.239. The van der Waals surface area contributed by atoms with Crippen LogP contribution in [-0.2, 0) is 14.2 Å². The summed E-state index contributed by atoms with van der Waals surface area (Å²) in [5, 5.41) is 3.13. The zero-order valence-electron chi connectivity index (χ0n) is 9.08. The van der Waals surface area contributed by atoms with Gasteiger partial charge in [-0.15, -0.1) is 0 Å². The van der Waals surface area contributed by atoms with Gasteiger partial charge in [-0.05, 0) is 13.2 Å². The van der Waals surface area contributed by atoms with E-state index in [-0.39, 0.29) is 25.2 Å². The molecule has 1 N–H and O–H groups in total. The predicted molar refractivity (Wildman–Crippen MR) is 55.0 cm³/mol. The van der Waals surface area contributed by atoms with Crippen molar-refractivity contribution in [3.63, 3.8) is 0 Å². The van der Waals surface area contributed by atoms with Crippen LogP contribution in [0.5, 0.6) is 0 Å². The molecule has 0 aromatic rings. The van der Waals surface area contributed by atoms with E-state index in [2.05, 4.69) is 16.9 Å². The molecule has 0 aromatic heterocycles. The van der Waals surface area contributed by atoms with Crippen molar-refractivity contribution in [2.24, 2.45) is 0 Å². The second kappa shape index (κ2) is 5.36. The van der Waals surface area contributed by atoms with E-state index in [4.69, 9.17) is 4.65 Å². The lowest BCUT2D eigenvalue weighted by molar-refractivity contribution is -0.143. The highest BCUT2D eigenvalue weighted by Crippen LogP contribution is 2.14. The number of esters is 1. The van der Waals surface area contributed by atoms with Gasteiger partial charge in [-0.25, -0.2) is 0 Å². The van der Waals surface area contributed by atoms with Crippen molar-refractivity contribution >= 4 is 13.0 Å². The van der Waals surface area contributed by atoms with Gasteiger partial charge in [-0.1, -0.05) is 19.8 Å². The maximum Gasteiger partial charge on any atom is 0.380 e. The van der Waals surface area contributed by atoms with E-state index in [9.17, 15) is 4.79 Å². The molecule has 4 nitrogen and oxygen atoms in total. The Labute approximate surface area is 85.5 Å². The average Bonchev–Trinajstić information content (AvgIpc) is 2.55. The van der Waals surface area contributed by atoms with E-state index in [0.29, 0.717) is 0 Å². The van der Waals surface area contributed by atoms with Crippen molar-refractivity contribution in [3.8, 4) is 0 Å². The van der Waals surface area contributed by atoms with Gasteiger partial charge in [0.05, 0.1) is 13.2 Å². The molecule has 0 saturated carbocycles. The molecule has 1 rings (SSSR count). The zero-order chi connectivity index (χ0) is 10.6. The molecule has 0 aromatic carbocycles. The van der Waals surface area contributed by atoms with Crippen molar-refractivity contribution in [3.05, 3.63) is 0 Å². The normalized spacial score (nSPS) is 26.6. The standard InChI is InChI=1S/C9H18BNO3/c1-4-5-6-10-11-8(7(2)14-10)9(12)13-3/h7-8,11H,4-6H2,1-3H3/t7-,8-/m0/s1. The SMILES string of the molecule is CCCCB1N[C@H](C(=O)OC)[C@H](C)O1. The summed E-state index contributed by atoms with van der Waals surface area (Å²) in [4.78, 5) is 11.3. The predicted octanol–water partition coefficient (Wildman–Crippen LogP) is 0.825. The van der Waals surface area contributed by atoms with E-state index in [1.165, 1.54) is 7.11 Å². The molecule has 1 saturated heterocycles. The Kier molecular flexibility index (Phi) is 4.42. The maximum absolute atomic E-state index is 11.3. The van der Waals surface area contributed by atoms with E-state index >= 15 is 0 Å². The fourth-order valence-electron chi connectivity index (χ4n) is 1.64. The summed E-state index contributed by atoms with van der Waals surface area (Å²) in [6.45, 7) is 4.02. The third kappa shape index (κ3) is 2.72. The lowest BCUT2D eigenvalue weighted by Gasteiger charge is -2.11. The van der Waals surface area contributed by atoms with Crippen LogP contribution < -0.4 is 5.23 Å². The molecule has 1 aliphatic rings. The van der Waals surface area contributed by atoms with Crippen LogP contribution in [0.1, 0.15) is 26.7 Å². The first-order valence-corrected chi connectivity index (χ1v) is 5.18. The summed E-state index contributed by atoms with van der Waals surface area (Å²) >= 11 is 0. The van der Waals surface area contributed by atoms with Gasteiger partial charge < -0.3 is 14.6 Å². The first kappa shape index (κ1) is 11.5. The summed E-state index contributed by atoms with van der Waals surface area (Å²) < 4.78 is 10.3. The first-order chi connectivity index (χ1) is 6.69. The van der Waals surface area contributed by atoms with Gasteiger partial charge in [0.1, 0.15) is 6.04 Å². The number of nitrogens with one attached hydrogen (secondary N) is 1. The molecule has 0 spiro atoms. The number of methoxy groups -OCH3 is 1. The number of hydrogen-bond acceptors (Lipinski definition) is 4. The molecule has 0 unspecified atom stereocenters. The molecule has 1 heterocycles. The van der Waals surface area contributed by atoms with Crippen LogP contribution in [0.3, 0.4) is 0 Å². The minimum absolute atomic E-state index is 0.00838. The lowest BCUT2D eigenvalue weighted by Crippen LogP contribution is -2.41. The molecule has 0 aliphatic carbocycles. The van der Waals surface area contributed by atoms with Crippen LogP contribution in [0.25, 0.3) is 0 Å². The van der Waals surface area contributed by atoms with Crippen molar-refractivity contribution in [1.29, 1.82) is 0 Å². The van der Waals surface area contributed by atoms with Crippen LogP contribution in [0, 0.1) is 0 Å². The highest BCUT2D eigenvalue weighted by molar-refractivity contribution is 6.50. The van der Waals surface area contributed by atoms with Gasteiger partial charge >= 0.3 is 13.0 Å². The number of unbranched alkanes of at least 4 members (excludes halogenated alkanes) is 1. The molecule has 0 radical (unpaired) electrons. The van der Waals surface area contributed by atoms with Gasteiger partial charge in [-0.3, -0.25) is 4.79 Å². The van der Waals surface area contributed by atoms with Gasteiger partial charge in [0, 0.05) is 0 Å². The van der Waals surface area contributed by atoms with Crippen molar-refractivity contribution in [1.82, 2.24) is 5.23 Å². The summed E-state index contributed by atoms with van der Waals surface area (Å²) in [6.07, 6.45) is 3.11. The Bertz CT molecular complexity index is 200. The molecule has 80 valence electrons. The van der Waals surface area contributed by atoms with Crippen LogP contribution >= 0.6 is 0 Å². The smallest absolute Gasteiger partial charge is 0.380 e. The monoisotopic (exact) mass is 199 g/mol. The highest BCUT2D eigenvalue weighted by Gasteiger charge is 2.39. The molecule has 0 amide bonds. The average molecular weight is 199 g/mol. The minimum atomic E-state index is -0.304. The Hall–Kier alpha value is -0.545. The molecule has 1 aliphatic heterocycles. The summed E-state index contributed by atoms with van der Waals surface area (Å²) in [5.41, 5.74) is 0. The van der Waals surface area contributed by atoms with Crippen LogP contribution in [0.15, 0.2) is 0 Å². The molecule has 14 heavy (non-hydrogen) atoms. The number of rotatable bonds is 4. The summed E-state index contributed by atoms with van der Waals surface area (Å²) in [6, 6.07) is -0.304. The molecule has 2 atom stereocenters. The quantitative estimate of drug-likeness (QED) is 0.538. The summed E-state index contributed by atoms with van der Waals surface area (Å²) in [7, 11) is 1.41. The molecule has 0 bridgehead atoms. The second-order valence-electron chi connectivity index (χ2n) is 3.64. The maximum atomic E-state index is 11.3. The van der Waals surface area contributed by atoms with Crippen molar-refractivity contribution in [2.45, 2.75) is 45.2 Å². The Morgan fingerprint density at radius 2 is 2.36 bits per heavy atom. The van der Waals surface area contributed by atoms with E-state index in [0.717, 1.165) is 19.2 Å². The Morgan fingerprint density at radius 3 is 2.93 bits per heavy atom.